The molecule has 2 heterocycles. The van der Waals surface area contributed by atoms with Gasteiger partial charge in [-0.05, 0) is 24.3 Å². The predicted octanol–water partition coefficient (Wildman–Crippen LogP) is 4.50. The first-order valence-corrected chi connectivity index (χ1v) is 7.53. The normalized spacial score (nSPS) is 16.9. The van der Waals surface area contributed by atoms with Crippen molar-refractivity contribution in [3.63, 3.8) is 0 Å². The maximum Gasteiger partial charge on any atom is 0.184 e. The van der Waals surface area contributed by atoms with E-state index in [0.717, 1.165) is 21.1 Å². The fraction of sp³-hybridized carbons (Fsp3) is 0.133. The van der Waals surface area contributed by atoms with Gasteiger partial charge in [0.25, 0.3) is 0 Å². The summed E-state index contributed by atoms with van der Waals surface area (Å²) in [6.45, 7) is 0.635. The highest BCUT2D eigenvalue weighted by Crippen LogP contribution is 2.36. The van der Waals surface area contributed by atoms with Crippen molar-refractivity contribution in [2.24, 2.45) is 0 Å². The van der Waals surface area contributed by atoms with E-state index in [1.54, 1.807) is 11.3 Å². The summed E-state index contributed by atoms with van der Waals surface area (Å²) in [7, 11) is 0. The average Bonchev–Trinajstić information content (AvgIpc) is 3.03. The summed E-state index contributed by atoms with van der Waals surface area (Å²) in [5.41, 5.74) is 2.11. The summed E-state index contributed by atoms with van der Waals surface area (Å²) < 4.78 is 6.80. The molecule has 0 bridgehead atoms. The third-order valence-electron chi connectivity index (χ3n) is 3.35. The van der Waals surface area contributed by atoms with Crippen LogP contribution < -0.4 is 10.1 Å². The van der Waals surface area contributed by atoms with Crippen LogP contribution in [-0.2, 0) is 0 Å². The number of fused-ring (bicyclic) bond motifs is 2. The molecule has 1 aliphatic rings. The van der Waals surface area contributed by atoms with Crippen LogP contribution in [0.4, 0.5) is 5.13 Å². The third-order valence-corrected chi connectivity index (χ3v) is 4.55. The number of ether oxygens (including phenoxy) is 1. The highest BCUT2D eigenvalue weighted by Gasteiger charge is 2.24. The average molecular weight is 303 g/mol. The minimum atomic E-state index is 0.155. The van der Waals surface area contributed by atoms with Crippen molar-refractivity contribution in [1.82, 2.24) is 4.98 Å². The van der Waals surface area contributed by atoms with Crippen LogP contribution in [0.15, 0.2) is 42.5 Å². The molecule has 1 unspecified atom stereocenters. The van der Waals surface area contributed by atoms with E-state index in [0.29, 0.717) is 11.6 Å². The van der Waals surface area contributed by atoms with Crippen LogP contribution in [0.25, 0.3) is 10.2 Å². The van der Waals surface area contributed by atoms with Gasteiger partial charge in [-0.15, -0.1) is 0 Å². The number of nitrogens with zero attached hydrogens (tertiary/aromatic N) is 1. The Hall–Kier alpha value is -1.78. The molecule has 0 spiro atoms. The highest BCUT2D eigenvalue weighted by molar-refractivity contribution is 7.22. The van der Waals surface area contributed by atoms with Gasteiger partial charge in [0.2, 0.25) is 0 Å². The first kappa shape index (κ1) is 12.0. The van der Waals surface area contributed by atoms with Crippen LogP contribution in [-0.4, -0.2) is 11.6 Å². The van der Waals surface area contributed by atoms with Gasteiger partial charge in [-0.3, -0.25) is 0 Å². The van der Waals surface area contributed by atoms with Gasteiger partial charge in [0, 0.05) is 10.6 Å². The van der Waals surface area contributed by atoms with Gasteiger partial charge < -0.3 is 10.1 Å². The summed E-state index contributed by atoms with van der Waals surface area (Å²) in [6.07, 6.45) is 0. The molecular formula is C15H11ClN2OS. The van der Waals surface area contributed by atoms with Crippen LogP contribution in [0.5, 0.6) is 5.75 Å². The molecule has 0 fully saturated rings. The molecular weight excluding hydrogens is 292 g/mol. The van der Waals surface area contributed by atoms with E-state index < -0.39 is 0 Å². The van der Waals surface area contributed by atoms with Gasteiger partial charge in [0.1, 0.15) is 12.4 Å². The zero-order valence-electron chi connectivity index (χ0n) is 10.5. The minimum Gasteiger partial charge on any atom is -0.491 e. The molecule has 0 aliphatic carbocycles. The van der Waals surface area contributed by atoms with Gasteiger partial charge in [-0.2, -0.15) is 0 Å². The van der Waals surface area contributed by atoms with Crippen molar-refractivity contribution in [2.45, 2.75) is 6.04 Å². The van der Waals surface area contributed by atoms with E-state index in [1.165, 1.54) is 5.56 Å². The van der Waals surface area contributed by atoms with E-state index in [1.807, 2.05) is 36.4 Å². The van der Waals surface area contributed by atoms with Crippen molar-refractivity contribution in [2.75, 3.05) is 11.9 Å². The number of halogens is 1. The van der Waals surface area contributed by atoms with E-state index in [9.17, 15) is 0 Å². The zero-order valence-corrected chi connectivity index (χ0v) is 12.0. The Bertz CT molecular complexity index is 786. The lowest BCUT2D eigenvalue weighted by Gasteiger charge is -2.09. The fourth-order valence-corrected chi connectivity index (χ4v) is 3.46. The van der Waals surface area contributed by atoms with Crippen LogP contribution >= 0.6 is 22.9 Å². The van der Waals surface area contributed by atoms with E-state index in [-0.39, 0.29) is 6.04 Å². The van der Waals surface area contributed by atoms with E-state index >= 15 is 0 Å². The molecule has 0 saturated carbocycles. The zero-order chi connectivity index (χ0) is 13.5. The molecule has 1 aromatic heterocycles. The van der Waals surface area contributed by atoms with Crippen LogP contribution in [0.2, 0.25) is 5.02 Å². The molecule has 1 aliphatic heterocycles. The summed E-state index contributed by atoms with van der Waals surface area (Å²) in [5, 5.41) is 5.05. The van der Waals surface area contributed by atoms with Gasteiger partial charge >= 0.3 is 0 Å². The van der Waals surface area contributed by atoms with Crippen molar-refractivity contribution >= 4 is 38.3 Å². The maximum atomic E-state index is 5.99. The topological polar surface area (TPSA) is 34.1 Å². The smallest absolute Gasteiger partial charge is 0.184 e. The number of para-hydroxylation sites is 1. The summed E-state index contributed by atoms with van der Waals surface area (Å²) in [6, 6.07) is 14.0. The lowest BCUT2D eigenvalue weighted by molar-refractivity contribution is 0.340. The second kappa shape index (κ2) is 4.65. The SMILES string of the molecule is Clc1ccc2sc(NC3COc4ccccc43)nc2c1. The van der Waals surface area contributed by atoms with Crippen molar-refractivity contribution < 1.29 is 4.74 Å². The van der Waals surface area contributed by atoms with Crippen LogP contribution in [0, 0.1) is 0 Å². The quantitative estimate of drug-likeness (QED) is 0.757. The second-order valence-corrected chi connectivity index (χ2v) is 6.14. The standard InChI is InChI=1S/C15H11ClN2OS/c16-9-5-6-14-11(7-9)17-15(20-14)18-12-8-19-13-4-2-1-3-10(12)13/h1-7,12H,8H2,(H,17,18). The Morgan fingerprint density at radius 2 is 2.15 bits per heavy atom. The molecule has 5 heteroatoms. The Balaban J connectivity index is 1.65. The molecule has 3 aromatic rings. The number of benzene rings is 2. The molecule has 0 amide bonds. The van der Waals surface area contributed by atoms with Gasteiger partial charge in [-0.25, -0.2) is 4.98 Å². The molecule has 100 valence electrons. The Morgan fingerprint density at radius 3 is 3.10 bits per heavy atom. The summed E-state index contributed by atoms with van der Waals surface area (Å²) in [4.78, 5) is 4.58. The highest BCUT2D eigenvalue weighted by atomic mass is 35.5. The number of rotatable bonds is 2. The van der Waals surface area contributed by atoms with E-state index in [2.05, 4.69) is 16.4 Å². The summed E-state index contributed by atoms with van der Waals surface area (Å²) in [5.74, 6) is 0.953. The van der Waals surface area contributed by atoms with Gasteiger partial charge in [0.05, 0.1) is 16.3 Å². The van der Waals surface area contributed by atoms with Crippen molar-refractivity contribution in [1.29, 1.82) is 0 Å². The second-order valence-electron chi connectivity index (χ2n) is 4.68. The van der Waals surface area contributed by atoms with Crippen LogP contribution in [0.1, 0.15) is 11.6 Å². The van der Waals surface area contributed by atoms with Gasteiger partial charge in [-0.1, -0.05) is 41.1 Å². The molecule has 1 N–H and O–H groups in total. The van der Waals surface area contributed by atoms with Crippen molar-refractivity contribution in [3.8, 4) is 5.75 Å². The molecule has 0 radical (unpaired) electrons. The first-order chi connectivity index (χ1) is 9.79. The van der Waals surface area contributed by atoms with Crippen LogP contribution in [0.3, 0.4) is 0 Å². The first-order valence-electron chi connectivity index (χ1n) is 6.34. The minimum absolute atomic E-state index is 0.155. The molecule has 4 rings (SSSR count). The monoisotopic (exact) mass is 302 g/mol. The van der Waals surface area contributed by atoms with Crippen molar-refractivity contribution in [3.05, 3.63) is 53.1 Å². The summed E-state index contributed by atoms with van der Waals surface area (Å²) >= 11 is 7.62. The number of hydrogen-bond acceptors (Lipinski definition) is 4. The van der Waals surface area contributed by atoms with E-state index in [4.69, 9.17) is 16.3 Å². The third kappa shape index (κ3) is 2.01. The largest absolute Gasteiger partial charge is 0.491 e. The number of anilines is 1. The number of hydrogen-bond donors (Lipinski definition) is 1. The van der Waals surface area contributed by atoms with Gasteiger partial charge in [0.15, 0.2) is 5.13 Å². The molecule has 3 nitrogen and oxygen atoms in total. The number of thiazole rings is 1. The molecule has 1 atom stereocenters. The Kier molecular flexibility index (Phi) is 2.79. The number of nitrogens with one attached hydrogen (secondary N) is 1. The fourth-order valence-electron chi connectivity index (χ4n) is 2.39. The molecule has 2 aromatic carbocycles. The predicted molar refractivity (Wildman–Crippen MR) is 82.9 cm³/mol. The molecule has 20 heavy (non-hydrogen) atoms. The number of aromatic nitrogens is 1. The Labute approximate surface area is 125 Å². The lowest BCUT2D eigenvalue weighted by Crippen LogP contribution is -2.11. The Morgan fingerprint density at radius 1 is 1.25 bits per heavy atom. The lowest BCUT2D eigenvalue weighted by atomic mass is 10.1. The maximum absolute atomic E-state index is 5.99. The molecule has 0 saturated heterocycles.